The van der Waals surface area contributed by atoms with Gasteiger partial charge in [-0.2, -0.15) is 10.4 Å². The highest BCUT2D eigenvalue weighted by Gasteiger charge is 2.22. The molecule has 180 valence electrons. The molecule has 8 heteroatoms. The number of aromatic nitrogens is 3. The highest BCUT2D eigenvalue weighted by Crippen LogP contribution is 2.21. The molecule has 0 aliphatic rings. The Balaban J connectivity index is 1.47. The van der Waals surface area contributed by atoms with E-state index in [1.165, 1.54) is 10.7 Å². The highest BCUT2D eigenvalue weighted by molar-refractivity contribution is 5.95. The molecule has 0 aliphatic heterocycles. The molecule has 0 unspecified atom stereocenters. The Bertz CT molecular complexity index is 1420. The van der Waals surface area contributed by atoms with E-state index in [2.05, 4.69) is 33.7 Å². The molecule has 2 heterocycles. The zero-order chi connectivity index (χ0) is 25.5. The maximum atomic E-state index is 13.3. The molecule has 8 nitrogen and oxygen atoms in total. The van der Waals surface area contributed by atoms with Crippen molar-refractivity contribution in [1.29, 1.82) is 5.26 Å². The summed E-state index contributed by atoms with van der Waals surface area (Å²) < 4.78 is 1.25. The van der Waals surface area contributed by atoms with Crippen LogP contribution in [0.1, 0.15) is 35.6 Å². The van der Waals surface area contributed by atoms with Gasteiger partial charge in [-0.15, -0.1) is 0 Å². The van der Waals surface area contributed by atoms with Crippen LogP contribution in [0, 0.1) is 11.3 Å². The van der Waals surface area contributed by atoms with Crippen molar-refractivity contribution < 1.29 is 4.79 Å². The van der Waals surface area contributed by atoms with Crippen LogP contribution in [0.2, 0.25) is 0 Å². The molecule has 0 fully saturated rings. The lowest BCUT2D eigenvalue weighted by Gasteiger charge is -2.21. The second kappa shape index (κ2) is 11.2. The summed E-state index contributed by atoms with van der Waals surface area (Å²) in [7, 11) is 1.59. The van der Waals surface area contributed by atoms with E-state index in [0.29, 0.717) is 23.5 Å². The molecule has 4 aromatic rings. The summed E-state index contributed by atoms with van der Waals surface area (Å²) in [5.41, 5.74) is 3.71. The molecule has 0 radical (unpaired) electrons. The molecular formula is C28H26N6O2. The SMILES string of the molecule is C[C@H](CN[C@@H](C(=O)Nc1ccc(-c2cnn(C)c(=O)c2)cn1)c1ccccc1)c1ccc(C#N)cc1. The lowest BCUT2D eigenvalue weighted by Crippen LogP contribution is -2.35. The average molecular weight is 479 g/mol. The topological polar surface area (TPSA) is 113 Å². The van der Waals surface area contributed by atoms with Crippen molar-refractivity contribution in [2.45, 2.75) is 18.9 Å². The lowest BCUT2D eigenvalue weighted by molar-refractivity contribution is -0.118. The van der Waals surface area contributed by atoms with E-state index in [9.17, 15) is 9.59 Å². The van der Waals surface area contributed by atoms with Gasteiger partial charge < -0.3 is 10.6 Å². The van der Waals surface area contributed by atoms with Gasteiger partial charge in [-0.25, -0.2) is 9.67 Å². The van der Waals surface area contributed by atoms with Crippen LogP contribution in [0.15, 0.2) is 90.0 Å². The Kier molecular flexibility index (Phi) is 7.63. The number of amides is 1. The third-order valence-corrected chi connectivity index (χ3v) is 5.95. The summed E-state index contributed by atoms with van der Waals surface area (Å²) in [6.45, 7) is 2.63. The Labute approximate surface area is 209 Å². The normalized spacial score (nSPS) is 12.4. The van der Waals surface area contributed by atoms with Crippen LogP contribution < -0.4 is 16.2 Å². The van der Waals surface area contributed by atoms with Crippen LogP contribution in [0.25, 0.3) is 11.1 Å². The van der Waals surface area contributed by atoms with Crippen LogP contribution in [0.4, 0.5) is 5.82 Å². The number of pyridine rings is 1. The monoisotopic (exact) mass is 478 g/mol. The first-order valence-electron chi connectivity index (χ1n) is 11.5. The van der Waals surface area contributed by atoms with Gasteiger partial charge in [-0.05, 0) is 41.3 Å². The average Bonchev–Trinajstić information content (AvgIpc) is 2.91. The van der Waals surface area contributed by atoms with Crippen LogP contribution in [-0.4, -0.2) is 27.2 Å². The summed E-state index contributed by atoms with van der Waals surface area (Å²) in [4.78, 5) is 29.5. The molecular weight excluding hydrogens is 452 g/mol. The molecule has 0 spiro atoms. The van der Waals surface area contributed by atoms with Crippen LogP contribution in [0.3, 0.4) is 0 Å². The summed E-state index contributed by atoms with van der Waals surface area (Å²) in [6, 6.07) is 23.5. The second-order valence-electron chi connectivity index (χ2n) is 8.51. The van der Waals surface area contributed by atoms with Crippen molar-refractivity contribution in [3.63, 3.8) is 0 Å². The molecule has 2 N–H and O–H groups in total. The van der Waals surface area contributed by atoms with E-state index in [1.54, 1.807) is 43.7 Å². The van der Waals surface area contributed by atoms with Crippen LogP contribution in [0.5, 0.6) is 0 Å². The Morgan fingerprint density at radius 1 is 1.00 bits per heavy atom. The summed E-state index contributed by atoms with van der Waals surface area (Å²) in [5.74, 6) is 0.300. The van der Waals surface area contributed by atoms with Gasteiger partial charge in [0.2, 0.25) is 5.91 Å². The highest BCUT2D eigenvalue weighted by atomic mass is 16.2. The summed E-state index contributed by atoms with van der Waals surface area (Å²) >= 11 is 0. The molecule has 2 aromatic heterocycles. The van der Waals surface area contributed by atoms with Crippen LogP contribution >= 0.6 is 0 Å². The van der Waals surface area contributed by atoms with Crippen molar-refractivity contribution >= 4 is 11.7 Å². The molecule has 0 aliphatic carbocycles. The first-order valence-corrected chi connectivity index (χ1v) is 11.5. The number of benzene rings is 2. The first-order chi connectivity index (χ1) is 17.4. The smallest absolute Gasteiger partial charge is 0.267 e. The third kappa shape index (κ3) is 5.90. The number of aryl methyl sites for hydroxylation is 1. The number of hydrogen-bond donors (Lipinski definition) is 2. The fourth-order valence-electron chi connectivity index (χ4n) is 3.77. The van der Waals surface area contributed by atoms with E-state index in [0.717, 1.165) is 16.7 Å². The van der Waals surface area contributed by atoms with Gasteiger partial charge in [0.05, 0.1) is 17.8 Å². The van der Waals surface area contributed by atoms with Gasteiger partial charge in [0.15, 0.2) is 0 Å². The fraction of sp³-hybridized carbons (Fsp3) is 0.179. The van der Waals surface area contributed by atoms with Crippen molar-refractivity contribution in [3.05, 3.63) is 112 Å². The van der Waals surface area contributed by atoms with Gasteiger partial charge in [-0.1, -0.05) is 49.4 Å². The van der Waals surface area contributed by atoms with Gasteiger partial charge in [-0.3, -0.25) is 9.59 Å². The third-order valence-electron chi connectivity index (χ3n) is 5.95. The Morgan fingerprint density at radius 2 is 1.75 bits per heavy atom. The largest absolute Gasteiger partial charge is 0.309 e. The predicted octanol–water partition coefficient (Wildman–Crippen LogP) is 3.79. The number of rotatable bonds is 8. The van der Waals surface area contributed by atoms with E-state index in [4.69, 9.17) is 5.26 Å². The zero-order valence-corrected chi connectivity index (χ0v) is 20.1. The Hall–Kier alpha value is -4.61. The van der Waals surface area contributed by atoms with Crippen molar-refractivity contribution in [1.82, 2.24) is 20.1 Å². The van der Waals surface area contributed by atoms with Crippen molar-refractivity contribution in [2.24, 2.45) is 7.05 Å². The summed E-state index contributed by atoms with van der Waals surface area (Å²) in [5, 5.41) is 19.3. The predicted molar refractivity (Wildman–Crippen MR) is 138 cm³/mol. The number of hydrogen-bond acceptors (Lipinski definition) is 6. The minimum atomic E-state index is -0.588. The van der Waals surface area contributed by atoms with Crippen molar-refractivity contribution in [2.75, 3.05) is 11.9 Å². The lowest BCUT2D eigenvalue weighted by atomic mass is 9.98. The maximum Gasteiger partial charge on any atom is 0.267 e. The Morgan fingerprint density at radius 3 is 2.39 bits per heavy atom. The quantitative estimate of drug-likeness (QED) is 0.398. The molecule has 1 amide bonds. The molecule has 4 rings (SSSR count). The molecule has 0 saturated carbocycles. The number of nitriles is 1. The van der Waals surface area contributed by atoms with Gasteiger partial charge >= 0.3 is 0 Å². The first kappa shape index (κ1) is 24.5. The maximum absolute atomic E-state index is 13.3. The molecule has 0 saturated heterocycles. The second-order valence-corrected chi connectivity index (χ2v) is 8.51. The number of anilines is 1. The van der Waals surface area contributed by atoms with Gasteiger partial charge in [0, 0.05) is 37.0 Å². The van der Waals surface area contributed by atoms with Gasteiger partial charge in [0.25, 0.3) is 5.56 Å². The summed E-state index contributed by atoms with van der Waals surface area (Å²) in [6.07, 6.45) is 3.20. The fourth-order valence-corrected chi connectivity index (χ4v) is 3.77. The van der Waals surface area contributed by atoms with Crippen LogP contribution in [-0.2, 0) is 11.8 Å². The van der Waals surface area contributed by atoms with E-state index in [-0.39, 0.29) is 17.4 Å². The standard InChI is InChI=1S/C28H26N6O2/c1-19(21-10-8-20(15-29)9-11-21)16-31-27(22-6-4-3-5-7-22)28(36)33-25-13-12-23(17-30-25)24-14-26(35)34(2)32-18-24/h3-14,17-19,27,31H,16H2,1-2H3,(H,30,33,36)/t19-,27-/m1/s1. The molecule has 2 aromatic carbocycles. The molecule has 0 bridgehead atoms. The molecule has 2 atom stereocenters. The number of carbonyl (C=O) groups excluding carboxylic acids is 1. The minimum Gasteiger partial charge on any atom is -0.309 e. The minimum absolute atomic E-state index is 0.126. The van der Waals surface area contributed by atoms with Gasteiger partial charge in [0.1, 0.15) is 11.9 Å². The van der Waals surface area contributed by atoms with E-state index >= 15 is 0 Å². The molecule has 36 heavy (non-hydrogen) atoms. The van der Waals surface area contributed by atoms with E-state index < -0.39 is 6.04 Å². The van der Waals surface area contributed by atoms with E-state index in [1.807, 2.05) is 42.5 Å². The zero-order valence-electron chi connectivity index (χ0n) is 20.1. The number of nitrogens with zero attached hydrogens (tertiary/aromatic N) is 4. The van der Waals surface area contributed by atoms with Crippen molar-refractivity contribution in [3.8, 4) is 17.2 Å². The number of carbonyl (C=O) groups is 1. The number of nitrogens with one attached hydrogen (secondary N) is 2.